The number of benzene rings is 1. The first-order chi connectivity index (χ1) is 12.1. The maximum atomic E-state index is 14.4. The van der Waals surface area contributed by atoms with Crippen LogP contribution >= 0.6 is 0 Å². The number of nitrogens with zero attached hydrogens (tertiary/aromatic N) is 4. The van der Waals surface area contributed by atoms with Gasteiger partial charge >= 0.3 is 0 Å². The van der Waals surface area contributed by atoms with Crippen molar-refractivity contribution in [3.63, 3.8) is 0 Å². The molecular formula is C17H18FN4O3. The van der Waals surface area contributed by atoms with Crippen molar-refractivity contribution in [1.29, 1.82) is 0 Å². The first-order valence-electron chi connectivity index (χ1n) is 7.86. The molecule has 7 nitrogen and oxygen atoms in total. The Kier molecular flexibility index (Phi) is 5.20. The molecule has 0 fully saturated rings. The largest absolute Gasteiger partial charge is 0.393 e. The molecule has 0 aliphatic carbocycles. The van der Waals surface area contributed by atoms with Crippen molar-refractivity contribution in [2.45, 2.75) is 12.5 Å². The van der Waals surface area contributed by atoms with E-state index < -0.39 is 18.6 Å². The molecule has 1 aromatic carbocycles. The molecule has 25 heavy (non-hydrogen) atoms. The summed E-state index contributed by atoms with van der Waals surface area (Å²) in [7, 11) is 0. The second kappa shape index (κ2) is 7.54. The van der Waals surface area contributed by atoms with Crippen molar-refractivity contribution in [3.8, 4) is 0 Å². The molecule has 2 aromatic rings. The topological polar surface area (TPSA) is 91.5 Å². The van der Waals surface area contributed by atoms with Crippen LogP contribution in [0.5, 0.6) is 0 Å². The number of hydrogen-bond acceptors (Lipinski definition) is 5. The van der Waals surface area contributed by atoms with Crippen molar-refractivity contribution in [1.82, 2.24) is 19.9 Å². The normalized spacial score (nSPS) is 15.8. The summed E-state index contributed by atoms with van der Waals surface area (Å²) in [6.07, 6.45) is 3.98. The lowest BCUT2D eigenvalue weighted by molar-refractivity contribution is -0.141. The zero-order chi connectivity index (χ0) is 17.8. The van der Waals surface area contributed by atoms with Gasteiger partial charge in [-0.15, -0.1) is 5.10 Å². The van der Waals surface area contributed by atoms with Crippen LogP contribution in [0.3, 0.4) is 0 Å². The molecule has 0 spiro atoms. The highest BCUT2D eigenvalue weighted by Crippen LogP contribution is 2.29. The van der Waals surface area contributed by atoms with Gasteiger partial charge in [0.05, 0.1) is 12.8 Å². The van der Waals surface area contributed by atoms with E-state index in [9.17, 15) is 14.3 Å². The zero-order valence-electron chi connectivity index (χ0n) is 13.4. The van der Waals surface area contributed by atoms with Crippen LogP contribution in [0.15, 0.2) is 36.7 Å². The maximum absolute atomic E-state index is 14.4. The molecule has 8 heteroatoms. The zero-order valence-corrected chi connectivity index (χ0v) is 13.4. The van der Waals surface area contributed by atoms with E-state index in [4.69, 9.17) is 5.11 Å². The van der Waals surface area contributed by atoms with Crippen LogP contribution in [0.4, 0.5) is 4.39 Å². The Morgan fingerprint density at radius 2 is 2.28 bits per heavy atom. The lowest BCUT2D eigenvalue weighted by Crippen LogP contribution is -2.42. The predicted molar refractivity (Wildman–Crippen MR) is 87.5 cm³/mol. The Labute approximate surface area is 144 Å². The minimum Gasteiger partial charge on any atom is -0.393 e. The van der Waals surface area contributed by atoms with Crippen molar-refractivity contribution < 1.29 is 19.4 Å². The molecule has 0 bridgehead atoms. The van der Waals surface area contributed by atoms with Crippen LogP contribution in [0.25, 0.3) is 5.57 Å². The highest BCUT2D eigenvalue weighted by Gasteiger charge is 2.25. The second-order valence-electron chi connectivity index (χ2n) is 5.68. The molecule has 1 atom stereocenters. The lowest BCUT2D eigenvalue weighted by atomic mass is 9.94. The van der Waals surface area contributed by atoms with E-state index in [1.165, 1.54) is 21.8 Å². The molecular weight excluding hydrogens is 327 g/mol. The number of aliphatic hydroxyl groups excluding tert-OH is 2. The second-order valence-corrected chi connectivity index (χ2v) is 5.68. The first kappa shape index (κ1) is 17.2. The van der Waals surface area contributed by atoms with E-state index in [0.717, 1.165) is 5.57 Å². The van der Waals surface area contributed by atoms with Gasteiger partial charge in [0.15, 0.2) is 6.10 Å². The molecule has 1 amide bonds. The van der Waals surface area contributed by atoms with Gasteiger partial charge in [-0.3, -0.25) is 4.79 Å². The maximum Gasteiger partial charge on any atom is 0.254 e. The summed E-state index contributed by atoms with van der Waals surface area (Å²) < 4.78 is 15.9. The predicted octanol–water partition coefficient (Wildman–Crippen LogP) is 0.444. The van der Waals surface area contributed by atoms with Gasteiger partial charge in [-0.25, -0.2) is 9.07 Å². The minimum atomic E-state index is -1.42. The van der Waals surface area contributed by atoms with Gasteiger partial charge in [0.1, 0.15) is 12.4 Å². The monoisotopic (exact) mass is 345 g/mol. The Bertz CT molecular complexity index is 776. The highest BCUT2D eigenvalue weighted by atomic mass is 19.1. The highest BCUT2D eigenvalue weighted by molar-refractivity contribution is 5.82. The van der Waals surface area contributed by atoms with E-state index in [-0.39, 0.29) is 12.4 Å². The third kappa shape index (κ3) is 3.75. The molecule has 1 aromatic heterocycles. The summed E-state index contributed by atoms with van der Waals surface area (Å²) >= 11 is 0. The number of amides is 1. The Morgan fingerprint density at radius 1 is 1.44 bits per heavy atom. The van der Waals surface area contributed by atoms with E-state index in [2.05, 4.69) is 10.3 Å². The van der Waals surface area contributed by atoms with E-state index in [1.54, 1.807) is 31.0 Å². The van der Waals surface area contributed by atoms with Crippen LogP contribution in [0.1, 0.15) is 17.5 Å². The molecule has 131 valence electrons. The Hall–Kier alpha value is -2.58. The SMILES string of the molecule is O=C([C@@H](O)CO)N1CC=C(c2c(F)cccc2[CH]n2ccnn2)CC1. The van der Waals surface area contributed by atoms with Gasteiger partial charge < -0.3 is 15.1 Å². The average molecular weight is 345 g/mol. The molecule has 3 rings (SSSR count). The molecule has 1 aliphatic heterocycles. The van der Waals surface area contributed by atoms with Crippen molar-refractivity contribution in [3.05, 3.63) is 60.2 Å². The quantitative estimate of drug-likeness (QED) is 0.821. The van der Waals surface area contributed by atoms with Crippen LogP contribution in [0.2, 0.25) is 0 Å². The molecule has 1 aliphatic rings. The first-order valence-corrected chi connectivity index (χ1v) is 7.86. The van der Waals surface area contributed by atoms with Gasteiger partial charge in [0, 0.05) is 24.8 Å². The average Bonchev–Trinajstić information content (AvgIpc) is 3.14. The molecule has 2 N–H and O–H groups in total. The number of aromatic nitrogens is 3. The number of hydrogen-bond donors (Lipinski definition) is 2. The summed E-state index contributed by atoms with van der Waals surface area (Å²) in [6, 6.07) is 4.80. The summed E-state index contributed by atoms with van der Waals surface area (Å²) in [5, 5.41) is 25.9. The van der Waals surface area contributed by atoms with Crippen molar-refractivity contribution in [2.24, 2.45) is 0 Å². The van der Waals surface area contributed by atoms with E-state index in [1.807, 2.05) is 0 Å². The van der Waals surface area contributed by atoms with Gasteiger partial charge in [0.2, 0.25) is 0 Å². The van der Waals surface area contributed by atoms with Gasteiger partial charge in [-0.05, 0) is 23.6 Å². The van der Waals surface area contributed by atoms with Gasteiger partial charge in [0.25, 0.3) is 5.91 Å². The van der Waals surface area contributed by atoms with Crippen LogP contribution < -0.4 is 0 Å². The van der Waals surface area contributed by atoms with E-state index >= 15 is 0 Å². The number of carbonyl (C=O) groups is 1. The fourth-order valence-corrected chi connectivity index (χ4v) is 2.80. The molecule has 0 saturated carbocycles. The third-order valence-electron chi connectivity index (χ3n) is 4.06. The fourth-order valence-electron chi connectivity index (χ4n) is 2.80. The van der Waals surface area contributed by atoms with Gasteiger partial charge in [-0.2, -0.15) is 0 Å². The lowest BCUT2D eigenvalue weighted by Gasteiger charge is -2.28. The van der Waals surface area contributed by atoms with Gasteiger partial charge in [-0.1, -0.05) is 23.4 Å². The molecule has 0 saturated heterocycles. The number of halogens is 1. The van der Waals surface area contributed by atoms with Crippen LogP contribution in [0, 0.1) is 12.4 Å². The fraction of sp³-hybridized carbons (Fsp3) is 0.294. The number of rotatable bonds is 5. The van der Waals surface area contributed by atoms with E-state index in [0.29, 0.717) is 24.1 Å². The third-order valence-corrected chi connectivity index (χ3v) is 4.06. The van der Waals surface area contributed by atoms with Crippen molar-refractivity contribution in [2.75, 3.05) is 19.7 Å². The minimum absolute atomic E-state index is 0.252. The molecule has 0 unspecified atom stereocenters. The Balaban J connectivity index is 1.83. The number of carbonyl (C=O) groups excluding carboxylic acids is 1. The summed E-state index contributed by atoms with van der Waals surface area (Å²) in [5.74, 6) is -0.879. The Morgan fingerprint density at radius 3 is 2.92 bits per heavy atom. The summed E-state index contributed by atoms with van der Waals surface area (Å²) in [6.45, 7) is 1.66. The standard InChI is InChI=1S/C17H18FN4O3/c18-14-3-1-2-13(10-22-9-6-19-20-22)16(14)12-4-7-21(8-5-12)17(25)15(24)11-23/h1-4,6,9-10,15,23-24H,5,7-8,11H2/t15-/m0/s1. The van der Waals surface area contributed by atoms with Crippen LogP contribution in [-0.4, -0.2) is 61.8 Å². The summed E-state index contributed by atoms with van der Waals surface area (Å²) in [4.78, 5) is 13.3. The van der Waals surface area contributed by atoms with Crippen molar-refractivity contribution >= 4 is 11.5 Å². The number of aliphatic hydroxyl groups is 2. The molecule has 2 heterocycles. The summed E-state index contributed by atoms with van der Waals surface area (Å²) in [5.41, 5.74) is 1.91. The molecule has 1 radical (unpaired) electrons. The van der Waals surface area contributed by atoms with Crippen LogP contribution in [-0.2, 0) is 4.79 Å². The smallest absolute Gasteiger partial charge is 0.254 e.